The summed E-state index contributed by atoms with van der Waals surface area (Å²) in [6.07, 6.45) is -0.557. The Morgan fingerprint density at radius 1 is 1.42 bits per heavy atom. The SMILES string of the molecule is CC(O)CNC(=O)c1cc(C(C)C)n(C(C)(C)C)n1. The second kappa shape index (κ2) is 5.74. The molecule has 0 aliphatic rings. The highest BCUT2D eigenvalue weighted by molar-refractivity contribution is 5.92. The van der Waals surface area contributed by atoms with Gasteiger partial charge in [0, 0.05) is 12.2 Å². The molecule has 1 atom stereocenters. The zero-order chi connectivity index (χ0) is 14.8. The minimum atomic E-state index is -0.557. The fraction of sp³-hybridized carbons (Fsp3) is 0.714. The van der Waals surface area contributed by atoms with Gasteiger partial charge in [-0.05, 0) is 39.7 Å². The number of hydrogen-bond donors (Lipinski definition) is 2. The summed E-state index contributed by atoms with van der Waals surface area (Å²) in [6, 6.07) is 1.83. The molecule has 1 rings (SSSR count). The first-order valence-electron chi connectivity index (χ1n) is 6.69. The summed E-state index contributed by atoms with van der Waals surface area (Å²) >= 11 is 0. The molecule has 2 N–H and O–H groups in total. The van der Waals surface area contributed by atoms with Crippen LogP contribution in [0, 0.1) is 0 Å². The van der Waals surface area contributed by atoms with Crippen LogP contribution < -0.4 is 5.32 Å². The largest absolute Gasteiger partial charge is 0.392 e. The highest BCUT2D eigenvalue weighted by atomic mass is 16.3. The van der Waals surface area contributed by atoms with Crippen molar-refractivity contribution in [3.8, 4) is 0 Å². The highest BCUT2D eigenvalue weighted by Gasteiger charge is 2.23. The summed E-state index contributed by atoms with van der Waals surface area (Å²) in [5.74, 6) is 0.0517. The summed E-state index contributed by atoms with van der Waals surface area (Å²) < 4.78 is 1.90. The van der Waals surface area contributed by atoms with E-state index in [2.05, 4.69) is 45.0 Å². The molecule has 0 fully saturated rings. The molecule has 19 heavy (non-hydrogen) atoms. The minimum absolute atomic E-state index is 0.164. The molecule has 5 nitrogen and oxygen atoms in total. The lowest BCUT2D eigenvalue weighted by molar-refractivity contribution is 0.0917. The van der Waals surface area contributed by atoms with Crippen molar-refractivity contribution < 1.29 is 9.90 Å². The predicted molar refractivity (Wildman–Crippen MR) is 75.3 cm³/mol. The lowest BCUT2D eigenvalue weighted by Gasteiger charge is -2.23. The number of carbonyl (C=O) groups is 1. The van der Waals surface area contributed by atoms with Crippen LogP contribution in [0.4, 0.5) is 0 Å². The predicted octanol–water partition coefficient (Wildman–Crippen LogP) is 1.87. The molecule has 0 saturated heterocycles. The van der Waals surface area contributed by atoms with Gasteiger partial charge in [0.05, 0.1) is 11.6 Å². The van der Waals surface area contributed by atoms with E-state index < -0.39 is 6.10 Å². The molecule has 1 amide bonds. The minimum Gasteiger partial charge on any atom is -0.392 e. The molecule has 1 unspecified atom stereocenters. The van der Waals surface area contributed by atoms with Gasteiger partial charge in [0.15, 0.2) is 0 Å². The van der Waals surface area contributed by atoms with E-state index in [4.69, 9.17) is 0 Å². The van der Waals surface area contributed by atoms with Crippen LogP contribution >= 0.6 is 0 Å². The average molecular weight is 267 g/mol. The van der Waals surface area contributed by atoms with Gasteiger partial charge in [0.1, 0.15) is 5.69 Å². The van der Waals surface area contributed by atoms with E-state index in [1.165, 1.54) is 0 Å². The third-order valence-electron chi connectivity index (χ3n) is 2.75. The molecule has 0 aliphatic carbocycles. The Bertz CT molecular complexity index is 442. The maximum atomic E-state index is 12.0. The Kier molecular flexibility index (Phi) is 4.74. The molecule has 108 valence electrons. The van der Waals surface area contributed by atoms with Crippen LogP contribution in [0.15, 0.2) is 6.07 Å². The molecule has 0 aliphatic heterocycles. The number of rotatable bonds is 4. The average Bonchev–Trinajstić information content (AvgIpc) is 2.70. The summed E-state index contributed by atoms with van der Waals surface area (Å²) in [4.78, 5) is 12.0. The van der Waals surface area contributed by atoms with Crippen LogP contribution in [-0.2, 0) is 5.54 Å². The third-order valence-corrected chi connectivity index (χ3v) is 2.75. The first-order valence-corrected chi connectivity index (χ1v) is 6.69. The molecular formula is C14H25N3O2. The Balaban J connectivity index is 3.01. The van der Waals surface area contributed by atoms with Gasteiger partial charge in [-0.15, -0.1) is 0 Å². The molecule has 1 heterocycles. The van der Waals surface area contributed by atoms with Crippen LogP contribution in [0.3, 0.4) is 0 Å². The van der Waals surface area contributed by atoms with E-state index in [9.17, 15) is 9.90 Å². The lowest BCUT2D eigenvalue weighted by Crippen LogP contribution is -2.31. The molecule has 5 heteroatoms. The van der Waals surface area contributed by atoms with E-state index in [0.29, 0.717) is 11.6 Å². The third kappa shape index (κ3) is 4.06. The van der Waals surface area contributed by atoms with Gasteiger partial charge in [0.25, 0.3) is 5.91 Å². The van der Waals surface area contributed by atoms with Crippen LogP contribution in [0.1, 0.15) is 63.6 Å². The van der Waals surface area contributed by atoms with Gasteiger partial charge in [-0.25, -0.2) is 0 Å². The topological polar surface area (TPSA) is 67.2 Å². The zero-order valence-electron chi connectivity index (χ0n) is 12.7. The molecule has 0 bridgehead atoms. The van der Waals surface area contributed by atoms with E-state index >= 15 is 0 Å². The zero-order valence-corrected chi connectivity index (χ0v) is 12.7. The number of aliphatic hydroxyl groups is 1. The number of nitrogens with zero attached hydrogens (tertiary/aromatic N) is 2. The molecule has 0 radical (unpaired) electrons. The lowest BCUT2D eigenvalue weighted by atomic mass is 10.1. The number of amides is 1. The van der Waals surface area contributed by atoms with E-state index in [-0.39, 0.29) is 18.0 Å². The molecule has 1 aromatic heterocycles. The van der Waals surface area contributed by atoms with Crippen molar-refractivity contribution in [1.29, 1.82) is 0 Å². The summed E-state index contributed by atoms with van der Waals surface area (Å²) in [5.41, 5.74) is 1.27. The Hall–Kier alpha value is -1.36. The fourth-order valence-corrected chi connectivity index (χ4v) is 1.79. The van der Waals surface area contributed by atoms with Crippen molar-refractivity contribution in [2.24, 2.45) is 0 Å². The molecule has 0 saturated carbocycles. The van der Waals surface area contributed by atoms with Gasteiger partial charge in [-0.1, -0.05) is 13.8 Å². The Morgan fingerprint density at radius 2 is 2.00 bits per heavy atom. The normalized spacial score (nSPS) is 13.7. The van der Waals surface area contributed by atoms with Crippen LogP contribution in [0.5, 0.6) is 0 Å². The van der Waals surface area contributed by atoms with Crippen molar-refractivity contribution in [3.63, 3.8) is 0 Å². The van der Waals surface area contributed by atoms with Gasteiger partial charge in [-0.2, -0.15) is 5.10 Å². The first-order chi connectivity index (χ1) is 8.62. The number of hydrogen-bond acceptors (Lipinski definition) is 3. The summed E-state index contributed by atoms with van der Waals surface area (Å²) in [7, 11) is 0. The quantitative estimate of drug-likeness (QED) is 0.875. The van der Waals surface area contributed by atoms with Gasteiger partial charge < -0.3 is 10.4 Å². The number of carbonyl (C=O) groups excluding carboxylic acids is 1. The monoisotopic (exact) mass is 267 g/mol. The van der Waals surface area contributed by atoms with E-state index in [1.54, 1.807) is 6.92 Å². The standard InChI is InChI=1S/C14H25N3O2/c1-9(2)12-7-11(13(19)15-8-10(3)18)16-17(12)14(4,5)6/h7,9-10,18H,8H2,1-6H3,(H,15,19). The second-order valence-electron chi connectivity index (χ2n) is 6.25. The number of aliphatic hydroxyl groups excluding tert-OH is 1. The van der Waals surface area contributed by atoms with Crippen molar-refractivity contribution in [2.45, 2.75) is 59.1 Å². The second-order valence-corrected chi connectivity index (χ2v) is 6.25. The molecule has 0 spiro atoms. The van der Waals surface area contributed by atoms with Crippen LogP contribution in [0.2, 0.25) is 0 Å². The summed E-state index contributed by atoms with van der Waals surface area (Å²) in [5, 5.41) is 16.3. The summed E-state index contributed by atoms with van der Waals surface area (Å²) in [6.45, 7) is 12.2. The van der Waals surface area contributed by atoms with Crippen molar-refractivity contribution >= 4 is 5.91 Å². The molecule has 0 aromatic carbocycles. The molecular weight excluding hydrogens is 242 g/mol. The van der Waals surface area contributed by atoms with Gasteiger partial charge in [0.2, 0.25) is 0 Å². The smallest absolute Gasteiger partial charge is 0.271 e. The fourth-order valence-electron chi connectivity index (χ4n) is 1.79. The van der Waals surface area contributed by atoms with E-state index in [0.717, 1.165) is 5.69 Å². The molecule has 1 aromatic rings. The van der Waals surface area contributed by atoms with Crippen molar-refractivity contribution in [1.82, 2.24) is 15.1 Å². The van der Waals surface area contributed by atoms with Crippen molar-refractivity contribution in [2.75, 3.05) is 6.54 Å². The highest BCUT2D eigenvalue weighted by Crippen LogP contribution is 2.23. The van der Waals surface area contributed by atoms with E-state index in [1.807, 2.05) is 10.7 Å². The Labute approximate surface area is 115 Å². The van der Waals surface area contributed by atoms with Gasteiger partial charge in [-0.3, -0.25) is 9.48 Å². The Morgan fingerprint density at radius 3 is 2.37 bits per heavy atom. The maximum Gasteiger partial charge on any atom is 0.271 e. The number of aromatic nitrogens is 2. The number of nitrogens with one attached hydrogen (secondary N) is 1. The van der Waals surface area contributed by atoms with Gasteiger partial charge >= 0.3 is 0 Å². The van der Waals surface area contributed by atoms with Crippen LogP contribution in [0.25, 0.3) is 0 Å². The van der Waals surface area contributed by atoms with Crippen molar-refractivity contribution in [3.05, 3.63) is 17.5 Å². The first kappa shape index (κ1) is 15.7. The van der Waals surface area contributed by atoms with Crippen LogP contribution in [-0.4, -0.2) is 33.4 Å². The maximum absolute atomic E-state index is 12.0.